The Bertz CT molecular complexity index is 730. The standard InChI is InChI=1S/C17H21N5O/c1-12(2)8-16(23)22-11-15-10-21(19-17(15)18-20-22)9-14-6-4-13(3)5-7-14/h4-7,10,12H,8-9,11H2,1-3H3. The van der Waals surface area contributed by atoms with E-state index in [-0.39, 0.29) is 5.91 Å². The number of aryl methyl sites for hydroxylation is 1. The molecule has 0 radical (unpaired) electrons. The topological polar surface area (TPSA) is 62.9 Å². The number of aromatic nitrogens is 2. The van der Waals surface area contributed by atoms with E-state index in [2.05, 4.69) is 46.6 Å². The summed E-state index contributed by atoms with van der Waals surface area (Å²) >= 11 is 0. The first-order valence-electron chi connectivity index (χ1n) is 7.85. The average molecular weight is 311 g/mol. The minimum absolute atomic E-state index is 0.000634. The number of amides is 1. The number of nitrogens with zero attached hydrogens (tertiary/aromatic N) is 5. The molecule has 0 fully saturated rings. The molecular weight excluding hydrogens is 290 g/mol. The summed E-state index contributed by atoms with van der Waals surface area (Å²) in [5.74, 6) is 0.912. The third kappa shape index (κ3) is 3.64. The van der Waals surface area contributed by atoms with Crippen LogP contribution >= 0.6 is 0 Å². The molecule has 3 rings (SSSR count). The van der Waals surface area contributed by atoms with Crippen molar-refractivity contribution in [2.45, 2.75) is 40.3 Å². The van der Waals surface area contributed by atoms with Gasteiger partial charge in [0.2, 0.25) is 11.7 Å². The Morgan fingerprint density at radius 3 is 2.70 bits per heavy atom. The van der Waals surface area contributed by atoms with Crippen LogP contribution in [0.3, 0.4) is 0 Å². The highest BCUT2D eigenvalue weighted by Gasteiger charge is 2.22. The fraction of sp³-hybridized carbons (Fsp3) is 0.412. The number of benzene rings is 1. The summed E-state index contributed by atoms with van der Waals surface area (Å²) < 4.78 is 1.85. The average Bonchev–Trinajstić information content (AvgIpc) is 2.90. The molecule has 2 heterocycles. The Morgan fingerprint density at radius 1 is 1.26 bits per heavy atom. The predicted molar refractivity (Wildman–Crippen MR) is 87.0 cm³/mol. The highest BCUT2D eigenvalue weighted by molar-refractivity contribution is 5.76. The lowest BCUT2D eigenvalue weighted by atomic mass is 10.1. The van der Waals surface area contributed by atoms with E-state index in [9.17, 15) is 4.79 Å². The van der Waals surface area contributed by atoms with Crippen molar-refractivity contribution in [2.75, 3.05) is 0 Å². The monoisotopic (exact) mass is 311 g/mol. The zero-order chi connectivity index (χ0) is 16.4. The molecule has 2 aromatic rings. The quantitative estimate of drug-likeness (QED) is 0.865. The zero-order valence-electron chi connectivity index (χ0n) is 13.7. The van der Waals surface area contributed by atoms with Gasteiger partial charge in [0.05, 0.1) is 13.1 Å². The van der Waals surface area contributed by atoms with E-state index in [4.69, 9.17) is 0 Å². The third-order valence-corrected chi connectivity index (χ3v) is 3.72. The van der Waals surface area contributed by atoms with Gasteiger partial charge in [-0.05, 0) is 18.4 Å². The molecule has 0 N–H and O–H groups in total. The van der Waals surface area contributed by atoms with Crippen molar-refractivity contribution in [3.63, 3.8) is 0 Å². The second kappa shape index (κ2) is 6.32. The number of hydrogen-bond acceptors (Lipinski definition) is 4. The van der Waals surface area contributed by atoms with Gasteiger partial charge in [0.1, 0.15) is 0 Å². The number of rotatable bonds is 4. The fourth-order valence-corrected chi connectivity index (χ4v) is 2.49. The van der Waals surface area contributed by atoms with Crippen LogP contribution in [0.5, 0.6) is 0 Å². The number of fused-ring (bicyclic) bond motifs is 1. The van der Waals surface area contributed by atoms with Gasteiger partial charge in [-0.3, -0.25) is 9.48 Å². The Kier molecular flexibility index (Phi) is 4.23. The van der Waals surface area contributed by atoms with Crippen molar-refractivity contribution in [1.29, 1.82) is 0 Å². The Hall–Kier alpha value is -2.50. The summed E-state index contributed by atoms with van der Waals surface area (Å²) in [5, 5.41) is 13.9. The molecule has 1 aliphatic heterocycles. The van der Waals surface area contributed by atoms with Gasteiger partial charge in [-0.15, -0.1) is 5.11 Å². The van der Waals surface area contributed by atoms with Gasteiger partial charge >= 0.3 is 0 Å². The van der Waals surface area contributed by atoms with Crippen molar-refractivity contribution in [3.05, 3.63) is 47.2 Å². The summed E-state index contributed by atoms with van der Waals surface area (Å²) in [6.07, 6.45) is 2.43. The smallest absolute Gasteiger partial charge is 0.244 e. The van der Waals surface area contributed by atoms with Gasteiger partial charge in [-0.2, -0.15) is 5.10 Å². The van der Waals surface area contributed by atoms with Crippen LogP contribution in [0.1, 0.15) is 37.0 Å². The fourth-order valence-electron chi connectivity index (χ4n) is 2.49. The molecule has 1 aromatic carbocycles. The minimum atomic E-state index is 0.000634. The molecule has 0 bridgehead atoms. The largest absolute Gasteiger partial charge is 0.273 e. The summed E-state index contributed by atoms with van der Waals surface area (Å²) in [4.78, 5) is 12.1. The van der Waals surface area contributed by atoms with Crippen molar-refractivity contribution in [3.8, 4) is 0 Å². The molecule has 0 spiro atoms. The van der Waals surface area contributed by atoms with Crippen molar-refractivity contribution in [1.82, 2.24) is 14.8 Å². The van der Waals surface area contributed by atoms with Crippen LogP contribution in [-0.4, -0.2) is 20.7 Å². The molecule has 6 nitrogen and oxygen atoms in total. The molecule has 1 amide bonds. The summed E-state index contributed by atoms with van der Waals surface area (Å²) in [6.45, 7) is 7.23. The van der Waals surface area contributed by atoms with Gasteiger partial charge in [0.15, 0.2) is 0 Å². The van der Waals surface area contributed by atoms with Crippen LogP contribution in [0.15, 0.2) is 40.8 Å². The van der Waals surface area contributed by atoms with E-state index in [0.29, 0.717) is 31.2 Å². The normalized spacial score (nSPS) is 13.5. The zero-order valence-corrected chi connectivity index (χ0v) is 13.7. The van der Waals surface area contributed by atoms with Crippen LogP contribution < -0.4 is 0 Å². The van der Waals surface area contributed by atoms with Crippen molar-refractivity contribution in [2.24, 2.45) is 16.3 Å². The Morgan fingerprint density at radius 2 is 2.00 bits per heavy atom. The first-order chi connectivity index (χ1) is 11.0. The second-order valence-electron chi connectivity index (χ2n) is 6.40. The molecule has 0 saturated carbocycles. The van der Waals surface area contributed by atoms with E-state index in [1.165, 1.54) is 16.1 Å². The van der Waals surface area contributed by atoms with Crippen LogP contribution in [0, 0.1) is 12.8 Å². The Balaban J connectivity index is 1.71. The lowest BCUT2D eigenvalue weighted by Gasteiger charge is -2.18. The molecule has 0 unspecified atom stereocenters. The summed E-state index contributed by atoms with van der Waals surface area (Å²) in [7, 11) is 0. The molecule has 120 valence electrons. The summed E-state index contributed by atoms with van der Waals surface area (Å²) in [5.41, 5.74) is 3.35. The number of hydrogen-bond donors (Lipinski definition) is 0. The van der Waals surface area contributed by atoms with Crippen molar-refractivity contribution < 1.29 is 4.79 Å². The van der Waals surface area contributed by atoms with E-state index in [1.54, 1.807) is 0 Å². The minimum Gasteiger partial charge on any atom is -0.273 e. The molecule has 1 aromatic heterocycles. The highest BCUT2D eigenvalue weighted by atomic mass is 16.2. The van der Waals surface area contributed by atoms with Gasteiger partial charge in [0.25, 0.3) is 0 Å². The molecule has 0 saturated heterocycles. The van der Waals surface area contributed by atoms with Gasteiger partial charge in [-0.25, -0.2) is 5.01 Å². The first kappa shape index (κ1) is 15.4. The number of carbonyl (C=O) groups excluding carboxylic acids is 1. The molecule has 0 aliphatic carbocycles. The molecule has 1 aliphatic rings. The maximum absolute atomic E-state index is 12.1. The molecule has 23 heavy (non-hydrogen) atoms. The van der Waals surface area contributed by atoms with Crippen LogP contribution in [0.4, 0.5) is 5.82 Å². The van der Waals surface area contributed by atoms with E-state index < -0.39 is 0 Å². The number of carbonyl (C=O) groups is 1. The molecule has 6 heteroatoms. The van der Waals surface area contributed by atoms with Crippen LogP contribution in [0.25, 0.3) is 0 Å². The lowest BCUT2D eigenvalue weighted by Crippen LogP contribution is -2.27. The molecule has 0 atom stereocenters. The maximum Gasteiger partial charge on any atom is 0.244 e. The second-order valence-corrected chi connectivity index (χ2v) is 6.40. The van der Waals surface area contributed by atoms with E-state index in [1.807, 2.05) is 24.7 Å². The summed E-state index contributed by atoms with van der Waals surface area (Å²) in [6, 6.07) is 8.36. The highest BCUT2D eigenvalue weighted by Crippen LogP contribution is 2.25. The third-order valence-electron chi connectivity index (χ3n) is 3.72. The lowest BCUT2D eigenvalue weighted by molar-refractivity contribution is -0.133. The van der Waals surface area contributed by atoms with Gasteiger partial charge in [0, 0.05) is 18.2 Å². The first-order valence-corrected chi connectivity index (χ1v) is 7.85. The van der Waals surface area contributed by atoms with Gasteiger partial charge < -0.3 is 0 Å². The van der Waals surface area contributed by atoms with Crippen LogP contribution in [0.2, 0.25) is 0 Å². The van der Waals surface area contributed by atoms with Gasteiger partial charge in [-0.1, -0.05) is 48.9 Å². The van der Waals surface area contributed by atoms with E-state index in [0.717, 1.165) is 5.56 Å². The Labute approximate surface area is 135 Å². The van der Waals surface area contributed by atoms with E-state index >= 15 is 0 Å². The van der Waals surface area contributed by atoms with Crippen molar-refractivity contribution >= 4 is 11.7 Å². The van der Waals surface area contributed by atoms with Crippen LogP contribution in [-0.2, 0) is 17.9 Å². The SMILES string of the molecule is Cc1ccc(Cn2cc3c(n2)N=NN(C(=O)CC(C)C)C3)cc1. The maximum atomic E-state index is 12.1. The predicted octanol–water partition coefficient (Wildman–Crippen LogP) is 3.63. The molecular formula is C17H21N5O.